The van der Waals surface area contributed by atoms with Gasteiger partial charge in [-0.25, -0.2) is 9.07 Å². The number of hydrogen-bond donors (Lipinski definition) is 1. The largest absolute Gasteiger partial charge is 0.383 e. The van der Waals surface area contributed by atoms with Crippen LogP contribution < -0.4 is 5.32 Å². The number of rotatable bonds is 9. The minimum Gasteiger partial charge on any atom is -0.383 e. The third-order valence-electron chi connectivity index (χ3n) is 5.60. The quantitative estimate of drug-likeness (QED) is 0.433. The van der Waals surface area contributed by atoms with E-state index in [0.717, 1.165) is 11.1 Å². The lowest BCUT2D eigenvalue weighted by Gasteiger charge is -2.21. The Kier molecular flexibility index (Phi) is 8.78. The van der Waals surface area contributed by atoms with Crippen molar-refractivity contribution >= 4 is 35.2 Å². The second kappa shape index (κ2) is 11.8. The highest BCUT2D eigenvalue weighted by atomic mass is 35.5. The summed E-state index contributed by atoms with van der Waals surface area (Å²) in [5.74, 6) is -1.05. The maximum absolute atomic E-state index is 13.3. The van der Waals surface area contributed by atoms with Gasteiger partial charge in [-0.3, -0.25) is 9.59 Å². The number of amides is 2. The van der Waals surface area contributed by atoms with Crippen LogP contribution in [0.1, 0.15) is 22.4 Å². The molecule has 0 fully saturated rings. The summed E-state index contributed by atoms with van der Waals surface area (Å²) in [4.78, 5) is 27.0. The fraction of sp³-hybridized carbons (Fsp3) is 0.269. The lowest BCUT2D eigenvalue weighted by atomic mass is 10.1. The standard InChI is InChI=1S/C26H28ClFN4O3/c1-17-6-5-7-23(18(17)2)29-24(33)16-31(14-15-35-4)25(34)13-12-22-19(3)30-32(26(22)27)21-10-8-20(28)9-11-21/h5-13H,14-16H2,1-4H3,(H,29,33)/b13-12+. The van der Waals surface area contributed by atoms with Crippen molar-refractivity contribution in [2.45, 2.75) is 20.8 Å². The van der Waals surface area contributed by atoms with Gasteiger partial charge < -0.3 is 15.0 Å². The molecule has 3 aromatic rings. The van der Waals surface area contributed by atoms with Crippen molar-refractivity contribution in [2.75, 3.05) is 32.1 Å². The van der Waals surface area contributed by atoms with Crippen molar-refractivity contribution in [3.8, 4) is 5.69 Å². The van der Waals surface area contributed by atoms with E-state index in [1.165, 1.54) is 34.9 Å². The number of nitrogens with zero attached hydrogens (tertiary/aromatic N) is 3. The second-order valence-electron chi connectivity index (χ2n) is 8.06. The number of aryl methyl sites for hydroxylation is 2. The molecule has 0 atom stereocenters. The average molecular weight is 499 g/mol. The fourth-order valence-corrected chi connectivity index (χ4v) is 3.77. The molecule has 0 radical (unpaired) electrons. The zero-order chi connectivity index (χ0) is 25.5. The Morgan fingerprint density at radius 1 is 1.17 bits per heavy atom. The van der Waals surface area contributed by atoms with Crippen molar-refractivity contribution < 1.29 is 18.7 Å². The molecule has 0 aliphatic heterocycles. The van der Waals surface area contributed by atoms with Gasteiger partial charge in [-0.05, 0) is 68.3 Å². The third kappa shape index (κ3) is 6.55. The van der Waals surface area contributed by atoms with Crippen LogP contribution in [0.2, 0.25) is 5.15 Å². The Morgan fingerprint density at radius 3 is 2.57 bits per heavy atom. The van der Waals surface area contributed by atoms with Crippen molar-refractivity contribution in [3.05, 3.63) is 81.9 Å². The molecule has 2 amide bonds. The number of aromatic nitrogens is 2. The number of hydrogen-bond acceptors (Lipinski definition) is 4. The lowest BCUT2D eigenvalue weighted by Crippen LogP contribution is -2.39. The lowest BCUT2D eigenvalue weighted by molar-refractivity contribution is -0.131. The first-order valence-corrected chi connectivity index (χ1v) is 11.4. The van der Waals surface area contributed by atoms with Gasteiger partial charge in [0.05, 0.1) is 18.0 Å². The average Bonchev–Trinajstić information content (AvgIpc) is 3.11. The normalized spacial score (nSPS) is 11.1. The van der Waals surface area contributed by atoms with Gasteiger partial charge >= 0.3 is 0 Å². The molecule has 1 aromatic heterocycles. The van der Waals surface area contributed by atoms with Crippen LogP contribution in [0.25, 0.3) is 11.8 Å². The summed E-state index contributed by atoms with van der Waals surface area (Å²) in [6, 6.07) is 11.4. The second-order valence-corrected chi connectivity index (χ2v) is 8.42. The van der Waals surface area contributed by atoms with E-state index < -0.39 is 0 Å². The van der Waals surface area contributed by atoms with Crippen LogP contribution in [0.5, 0.6) is 0 Å². The summed E-state index contributed by atoms with van der Waals surface area (Å²) >= 11 is 6.50. The summed E-state index contributed by atoms with van der Waals surface area (Å²) in [5, 5.41) is 7.55. The predicted octanol–water partition coefficient (Wildman–Crippen LogP) is 4.72. The van der Waals surface area contributed by atoms with Gasteiger partial charge in [0.2, 0.25) is 11.8 Å². The summed E-state index contributed by atoms with van der Waals surface area (Å²) in [6.45, 7) is 6.03. The van der Waals surface area contributed by atoms with Gasteiger partial charge in [-0.1, -0.05) is 23.7 Å². The van der Waals surface area contributed by atoms with Crippen molar-refractivity contribution in [1.82, 2.24) is 14.7 Å². The minimum absolute atomic E-state index is 0.137. The molecule has 184 valence electrons. The van der Waals surface area contributed by atoms with Crippen LogP contribution in [-0.4, -0.2) is 53.3 Å². The molecule has 0 saturated carbocycles. The molecule has 1 heterocycles. The van der Waals surface area contributed by atoms with Gasteiger partial charge in [-0.15, -0.1) is 0 Å². The van der Waals surface area contributed by atoms with E-state index in [-0.39, 0.29) is 42.5 Å². The molecule has 0 spiro atoms. The van der Waals surface area contributed by atoms with Gasteiger partial charge in [0, 0.05) is 31.0 Å². The summed E-state index contributed by atoms with van der Waals surface area (Å²) in [6.07, 6.45) is 2.92. The third-order valence-corrected chi connectivity index (χ3v) is 5.97. The minimum atomic E-state index is -0.372. The van der Waals surface area contributed by atoms with E-state index in [1.807, 2.05) is 32.0 Å². The first-order chi connectivity index (χ1) is 16.7. The molecule has 0 unspecified atom stereocenters. The summed E-state index contributed by atoms with van der Waals surface area (Å²) < 4.78 is 19.8. The molecule has 0 aliphatic carbocycles. The van der Waals surface area contributed by atoms with Crippen LogP contribution in [0.3, 0.4) is 0 Å². The molecule has 1 N–H and O–H groups in total. The van der Waals surface area contributed by atoms with Crippen LogP contribution in [0.4, 0.5) is 10.1 Å². The van der Waals surface area contributed by atoms with Crippen LogP contribution in [0, 0.1) is 26.6 Å². The van der Waals surface area contributed by atoms with Gasteiger partial charge in [0.15, 0.2) is 0 Å². The first kappa shape index (κ1) is 26.1. The van der Waals surface area contributed by atoms with Gasteiger partial charge in [-0.2, -0.15) is 5.10 Å². The van der Waals surface area contributed by atoms with E-state index in [4.69, 9.17) is 16.3 Å². The topological polar surface area (TPSA) is 76.5 Å². The zero-order valence-electron chi connectivity index (χ0n) is 20.1. The number of carbonyl (C=O) groups is 2. The highest BCUT2D eigenvalue weighted by Crippen LogP contribution is 2.25. The molecule has 0 saturated heterocycles. The molecule has 7 nitrogen and oxygen atoms in total. The van der Waals surface area contributed by atoms with Crippen LogP contribution >= 0.6 is 11.6 Å². The SMILES string of the molecule is COCCN(CC(=O)Nc1cccc(C)c1C)C(=O)/C=C/c1c(C)nn(-c2ccc(F)cc2)c1Cl. The summed E-state index contributed by atoms with van der Waals surface area (Å²) in [5.41, 5.74) is 4.48. The highest BCUT2D eigenvalue weighted by molar-refractivity contribution is 6.31. The predicted molar refractivity (Wildman–Crippen MR) is 135 cm³/mol. The molecular formula is C26H28ClFN4O3. The molecule has 35 heavy (non-hydrogen) atoms. The number of benzene rings is 2. The number of anilines is 1. The van der Waals surface area contributed by atoms with E-state index in [0.29, 0.717) is 22.6 Å². The Bertz CT molecular complexity index is 1240. The summed E-state index contributed by atoms with van der Waals surface area (Å²) in [7, 11) is 1.53. The van der Waals surface area contributed by atoms with Crippen molar-refractivity contribution in [2.24, 2.45) is 0 Å². The molecule has 3 rings (SSSR count). The number of methoxy groups -OCH3 is 1. The molecule has 9 heteroatoms. The monoisotopic (exact) mass is 498 g/mol. The fourth-order valence-electron chi connectivity index (χ4n) is 3.43. The maximum Gasteiger partial charge on any atom is 0.247 e. The Labute approximate surface area is 209 Å². The van der Waals surface area contributed by atoms with E-state index >= 15 is 0 Å². The smallest absolute Gasteiger partial charge is 0.247 e. The zero-order valence-corrected chi connectivity index (χ0v) is 20.9. The van der Waals surface area contributed by atoms with Gasteiger partial charge in [0.25, 0.3) is 0 Å². The number of halogens is 2. The number of carbonyl (C=O) groups excluding carboxylic acids is 2. The van der Waals surface area contributed by atoms with E-state index in [9.17, 15) is 14.0 Å². The Morgan fingerprint density at radius 2 is 1.89 bits per heavy atom. The van der Waals surface area contributed by atoms with Crippen molar-refractivity contribution in [3.63, 3.8) is 0 Å². The molecule has 0 aliphatic rings. The molecular weight excluding hydrogens is 471 g/mol. The molecule has 0 bridgehead atoms. The van der Waals surface area contributed by atoms with Crippen LogP contribution in [0.15, 0.2) is 48.5 Å². The van der Waals surface area contributed by atoms with E-state index in [1.54, 1.807) is 25.1 Å². The maximum atomic E-state index is 13.3. The number of ether oxygens (including phenoxy) is 1. The number of nitrogens with one attached hydrogen (secondary N) is 1. The molecule has 2 aromatic carbocycles. The van der Waals surface area contributed by atoms with Crippen molar-refractivity contribution in [1.29, 1.82) is 0 Å². The first-order valence-electron chi connectivity index (χ1n) is 11.0. The van der Waals surface area contributed by atoms with Crippen LogP contribution in [-0.2, 0) is 14.3 Å². The van der Waals surface area contributed by atoms with E-state index in [2.05, 4.69) is 10.4 Å². The Balaban J connectivity index is 1.75. The Hall–Kier alpha value is -3.49. The van der Waals surface area contributed by atoms with Gasteiger partial charge in [0.1, 0.15) is 17.5 Å². The highest BCUT2D eigenvalue weighted by Gasteiger charge is 2.18.